The van der Waals surface area contributed by atoms with E-state index in [0.717, 1.165) is 50.8 Å². The lowest BCUT2D eigenvalue weighted by molar-refractivity contribution is -0.119. The Kier molecular flexibility index (Phi) is 5.90. The minimum Gasteiger partial charge on any atom is -0.396 e. The Morgan fingerprint density at radius 3 is 2.71 bits per heavy atom. The van der Waals surface area contributed by atoms with Crippen LogP contribution in [0.5, 0.6) is 0 Å². The predicted molar refractivity (Wildman–Crippen MR) is 95.1 cm³/mol. The smallest absolute Gasteiger partial charge is 0.226 e. The second kappa shape index (κ2) is 8.13. The van der Waals surface area contributed by atoms with Crippen molar-refractivity contribution in [1.82, 2.24) is 0 Å². The second-order valence-corrected chi connectivity index (χ2v) is 7.23. The summed E-state index contributed by atoms with van der Waals surface area (Å²) in [7, 11) is 0. The van der Waals surface area contributed by atoms with E-state index in [1.807, 2.05) is 4.90 Å². The molecule has 2 saturated heterocycles. The summed E-state index contributed by atoms with van der Waals surface area (Å²) in [6.45, 7) is 3.30. The molecule has 2 fully saturated rings. The van der Waals surface area contributed by atoms with Gasteiger partial charge in [0, 0.05) is 25.3 Å². The summed E-state index contributed by atoms with van der Waals surface area (Å²) in [4.78, 5) is 13.9. The predicted octanol–water partition coefficient (Wildman–Crippen LogP) is 3.31. The highest BCUT2D eigenvalue weighted by atomic mass is 16.5. The molecule has 2 aliphatic rings. The number of carbonyl (C=O) groups excluding carboxylic acids is 1. The quantitative estimate of drug-likeness (QED) is 0.870. The van der Waals surface area contributed by atoms with Gasteiger partial charge in [0.2, 0.25) is 5.91 Å². The minimum absolute atomic E-state index is 0.209. The maximum atomic E-state index is 12.0. The van der Waals surface area contributed by atoms with Crippen molar-refractivity contribution in [3.05, 3.63) is 29.8 Å². The van der Waals surface area contributed by atoms with Gasteiger partial charge in [-0.1, -0.05) is 19.1 Å². The van der Waals surface area contributed by atoms with Crippen molar-refractivity contribution in [2.24, 2.45) is 5.92 Å². The van der Waals surface area contributed by atoms with Gasteiger partial charge in [0.1, 0.15) is 0 Å². The highest BCUT2D eigenvalue weighted by Gasteiger charge is 2.31. The van der Waals surface area contributed by atoms with Gasteiger partial charge in [0.25, 0.3) is 0 Å². The summed E-state index contributed by atoms with van der Waals surface area (Å²) in [5.74, 6) is 0.809. The number of nitrogens with zero attached hydrogens (tertiary/aromatic N) is 1. The van der Waals surface area contributed by atoms with E-state index in [9.17, 15) is 4.79 Å². The number of hydrogen-bond acceptors (Lipinski definition) is 3. The number of anilines is 1. The van der Waals surface area contributed by atoms with Crippen molar-refractivity contribution in [1.29, 1.82) is 0 Å². The number of rotatable bonds is 6. The fraction of sp³-hybridized carbons (Fsp3) is 0.650. The molecule has 3 rings (SSSR count). The molecule has 1 aromatic carbocycles. The van der Waals surface area contributed by atoms with E-state index in [-0.39, 0.29) is 18.6 Å². The molecule has 1 aromatic rings. The molecule has 1 amide bonds. The van der Waals surface area contributed by atoms with Gasteiger partial charge in [0.15, 0.2) is 0 Å². The molecule has 0 aliphatic carbocycles. The average molecular weight is 331 g/mol. The average Bonchev–Trinajstić information content (AvgIpc) is 2.94. The number of piperidine rings is 1. The molecule has 3 atom stereocenters. The number of aliphatic hydroxyl groups is 1. The summed E-state index contributed by atoms with van der Waals surface area (Å²) in [5, 5.41) is 9.05. The number of aryl methyl sites for hydroxylation is 1. The summed E-state index contributed by atoms with van der Waals surface area (Å²) in [6.07, 6.45) is 7.13. The molecule has 2 heterocycles. The topological polar surface area (TPSA) is 49.8 Å². The van der Waals surface area contributed by atoms with Gasteiger partial charge < -0.3 is 14.7 Å². The van der Waals surface area contributed by atoms with E-state index in [2.05, 4.69) is 31.2 Å². The van der Waals surface area contributed by atoms with E-state index >= 15 is 0 Å². The van der Waals surface area contributed by atoms with Gasteiger partial charge >= 0.3 is 0 Å². The Hall–Kier alpha value is -1.39. The third-order valence-corrected chi connectivity index (χ3v) is 5.38. The van der Waals surface area contributed by atoms with E-state index in [1.54, 1.807) is 0 Å². The van der Waals surface area contributed by atoms with Crippen LogP contribution in [0.2, 0.25) is 0 Å². The van der Waals surface area contributed by atoms with Crippen molar-refractivity contribution < 1.29 is 14.6 Å². The van der Waals surface area contributed by atoms with Crippen molar-refractivity contribution in [2.45, 2.75) is 64.1 Å². The van der Waals surface area contributed by atoms with Crippen LogP contribution >= 0.6 is 0 Å². The van der Waals surface area contributed by atoms with Crippen LogP contribution in [-0.4, -0.2) is 36.4 Å². The van der Waals surface area contributed by atoms with Crippen molar-refractivity contribution in [2.75, 3.05) is 18.1 Å². The zero-order valence-electron chi connectivity index (χ0n) is 14.6. The largest absolute Gasteiger partial charge is 0.396 e. The lowest BCUT2D eigenvalue weighted by atomic mass is 9.96. The van der Waals surface area contributed by atoms with E-state index in [1.165, 1.54) is 5.56 Å². The summed E-state index contributed by atoms with van der Waals surface area (Å²) < 4.78 is 6.06. The molecule has 0 bridgehead atoms. The molecular weight excluding hydrogens is 302 g/mol. The molecule has 4 heteroatoms. The zero-order chi connectivity index (χ0) is 16.9. The van der Waals surface area contributed by atoms with Gasteiger partial charge in [-0.25, -0.2) is 0 Å². The molecule has 132 valence electrons. The number of aliphatic hydroxyl groups excluding tert-OH is 1. The molecule has 0 radical (unpaired) electrons. The van der Waals surface area contributed by atoms with Crippen LogP contribution in [0.15, 0.2) is 24.3 Å². The molecular formula is C20H29NO3. The maximum absolute atomic E-state index is 12.0. The van der Waals surface area contributed by atoms with Gasteiger partial charge in [0.05, 0.1) is 12.2 Å². The number of hydrogen-bond donors (Lipinski definition) is 1. The second-order valence-electron chi connectivity index (χ2n) is 7.23. The number of amides is 1. The highest BCUT2D eigenvalue weighted by Crippen LogP contribution is 2.31. The molecule has 0 aromatic heterocycles. The van der Waals surface area contributed by atoms with Crippen LogP contribution in [0, 0.1) is 5.92 Å². The Morgan fingerprint density at radius 1 is 1.21 bits per heavy atom. The first-order valence-corrected chi connectivity index (χ1v) is 9.33. The molecule has 4 nitrogen and oxygen atoms in total. The third kappa shape index (κ3) is 4.17. The Morgan fingerprint density at radius 2 is 2.00 bits per heavy atom. The number of carbonyl (C=O) groups is 1. The van der Waals surface area contributed by atoms with Gasteiger partial charge in [-0.3, -0.25) is 4.79 Å². The normalized spacial score (nSPS) is 27.7. The molecule has 1 N–H and O–H groups in total. The first-order valence-electron chi connectivity index (χ1n) is 9.33. The molecule has 24 heavy (non-hydrogen) atoms. The monoisotopic (exact) mass is 331 g/mol. The van der Waals surface area contributed by atoms with E-state index in [0.29, 0.717) is 18.4 Å². The molecule has 0 spiro atoms. The fourth-order valence-electron chi connectivity index (χ4n) is 3.92. The van der Waals surface area contributed by atoms with Crippen LogP contribution in [-0.2, 0) is 16.0 Å². The van der Waals surface area contributed by atoms with Crippen molar-refractivity contribution >= 4 is 11.6 Å². The van der Waals surface area contributed by atoms with Crippen molar-refractivity contribution in [3.63, 3.8) is 0 Å². The van der Waals surface area contributed by atoms with E-state index in [4.69, 9.17) is 9.84 Å². The van der Waals surface area contributed by atoms with Crippen LogP contribution in [0.4, 0.5) is 5.69 Å². The lowest BCUT2D eigenvalue weighted by Gasteiger charge is -2.27. The summed E-state index contributed by atoms with van der Waals surface area (Å²) in [6, 6.07) is 8.43. The molecule has 2 aliphatic heterocycles. The van der Waals surface area contributed by atoms with Crippen molar-refractivity contribution in [3.8, 4) is 0 Å². The standard InChI is InChI=1S/C20H29NO3/c1-15-14-18(11-13-22)24-19(15)10-7-16-5-8-17(9-6-16)21-12-3-2-4-20(21)23/h5-6,8-9,15,18-19,22H,2-4,7,10-14H2,1H3/t15-,18+,19-/m0/s1. The summed E-state index contributed by atoms with van der Waals surface area (Å²) in [5.41, 5.74) is 2.32. The third-order valence-electron chi connectivity index (χ3n) is 5.38. The summed E-state index contributed by atoms with van der Waals surface area (Å²) >= 11 is 0. The molecule has 0 unspecified atom stereocenters. The fourth-order valence-corrected chi connectivity index (χ4v) is 3.92. The molecule has 0 saturated carbocycles. The van der Waals surface area contributed by atoms with Crippen LogP contribution in [0.3, 0.4) is 0 Å². The first kappa shape index (κ1) is 17.4. The van der Waals surface area contributed by atoms with Crippen LogP contribution in [0.25, 0.3) is 0 Å². The number of ether oxygens (including phenoxy) is 1. The van der Waals surface area contributed by atoms with Gasteiger partial charge in [-0.15, -0.1) is 0 Å². The van der Waals surface area contributed by atoms with E-state index < -0.39 is 0 Å². The van der Waals surface area contributed by atoms with Gasteiger partial charge in [-0.2, -0.15) is 0 Å². The zero-order valence-corrected chi connectivity index (χ0v) is 14.6. The minimum atomic E-state index is 0.209. The Bertz CT molecular complexity index is 542. The SMILES string of the molecule is C[C@H]1C[C@@H](CCO)O[C@H]1CCc1ccc(N2CCCCC2=O)cc1. The number of benzene rings is 1. The van der Waals surface area contributed by atoms with Crippen LogP contribution < -0.4 is 4.90 Å². The maximum Gasteiger partial charge on any atom is 0.226 e. The Balaban J connectivity index is 1.52. The lowest BCUT2D eigenvalue weighted by Crippen LogP contribution is -2.35. The van der Waals surface area contributed by atoms with Crippen LogP contribution in [0.1, 0.15) is 51.0 Å². The first-order chi connectivity index (χ1) is 11.7. The Labute approximate surface area is 144 Å². The van der Waals surface area contributed by atoms with Gasteiger partial charge in [-0.05, 0) is 62.1 Å². The highest BCUT2D eigenvalue weighted by molar-refractivity contribution is 5.93.